The third kappa shape index (κ3) is 3.32. The van der Waals surface area contributed by atoms with Crippen molar-refractivity contribution in [2.75, 3.05) is 18.2 Å². The number of halogens is 2. The largest absolute Gasteiger partial charge is 0.495 e. The van der Waals surface area contributed by atoms with Crippen molar-refractivity contribution >= 4 is 49.1 Å². The molecule has 6 heteroatoms. The molecule has 1 amide bonds. The zero-order chi connectivity index (χ0) is 14.7. The van der Waals surface area contributed by atoms with E-state index in [1.165, 1.54) is 7.11 Å². The van der Waals surface area contributed by atoms with E-state index in [4.69, 9.17) is 10.5 Å². The smallest absolute Gasteiger partial charge is 0.255 e. The predicted molar refractivity (Wildman–Crippen MR) is 87.2 cm³/mol. The number of hydrogen-bond acceptors (Lipinski definition) is 3. The summed E-state index contributed by atoms with van der Waals surface area (Å²) in [6.07, 6.45) is 0. The van der Waals surface area contributed by atoms with Crippen LogP contribution in [0, 0.1) is 0 Å². The molecule has 2 rings (SSSR count). The highest BCUT2D eigenvalue weighted by molar-refractivity contribution is 9.11. The Kier molecular flexibility index (Phi) is 4.67. The quantitative estimate of drug-likeness (QED) is 0.765. The zero-order valence-corrected chi connectivity index (χ0v) is 13.8. The number of carbonyl (C=O) groups is 1. The minimum absolute atomic E-state index is 0.230. The number of benzene rings is 2. The molecule has 0 aliphatic heterocycles. The summed E-state index contributed by atoms with van der Waals surface area (Å²) in [5.41, 5.74) is 7.38. The number of carbonyl (C=O) groups excluding carboxylic acids is 1. The fourth-order valence-corrected chi connectivity index (χ4v) is 2.78. The summed E-state index contributed by atoms with van der Waals surface area (Å²) >= 11 is 6.76. The molecule has 104 valence electrons. The molecular weight excluding hydrogens is 388 g/mol. The molecule has 4 nitrogen and oxygen atoms in total. The molecule has 0 spiro atoms. The van der Waals surface area contributed by atoms with E-state index < -0.39 is 0 Å². The molecule has 0 saturated heterocycles. The number of nitrogens with two attached hydrogens (primary N) is 1. The maximum atomic E-state index is 12.2. The van der Waals surface area contributed by atoms with E-state index in [1.54, 1.807) is 24.3 Å². The Morgan fingerprint density at radius 1 is 1.20 bits per heavy atom. The molecule has 2 aromatic carbocycles. The first-order valence-corrected chi connectivity index (χ1v) is 7.30. The van der Waals surface area contributed by atoms with Crippen LogP contribution < -0.4 is 15.8 Å². The summed E-state index contributed by atoms with van der Waals surface area (Å²) in [7, 11) is 1.51. The number of methoxy groups -OCH3 is 1. The molecule has 0 aliphatic rings. The summed E-state index contributed by atoms with van der Waals surface area (Å²) in [6, 6.07) is 10.4. The fourth-order valence-electron chi connectivity index (χ4n) is 1.64. The summed E-state index contributed by atoms with van der Waals surface area (Å²) in [6.45, 7) is 0. The van der Waals surface area contributed by atoms with Crippen LogP contribution in [-0.4, -0.2) is 13.0 Å². The van der Waals surface area contributed by atoms with Gasteiger partial charge in [0.05, 0.1) is 18.5 Å². The lowest BCUT2D eigenvalue weighted by molar-refractivity contribution is 0.102. The molecule has 3 N–H and O–H groups in total. The zero-order valence-electron chi connectivity index (χ0n) is 10.6. The number of ether oxygens (including phenoxy) is 1. The van der Waals surface area contributed by atoms with Gasteiger partial charge in [0, 0.05) is 14.5 Å². The first kappa shape index (κ1) is 14.9. The van der Waals surface area contributed by atoms with Crippen molar-refractivity contribution < 1.29 is 9.53 Å². The van der Waals surface area contributed by atoms with Crippen molar-refractivity contribution in [2.45, 2.75) is 0 Å². The first-order chi connectivity index (χ1) is 9.51. The number of hydrogen-bond donors (Lipinski definition) is 2. The lowest BCUT2D eigenvalue weighted by Gasteiger charge is -2.10. The van der Waals surface area contributed by atoms with Crippen molar-refractivity contribution in [1.82, 2.24) is 0 Å². The molecule has 0 aromatic heterocycles. The van der Waals surface area contributed by atoms with Crippen LogP contribution in [0.4, 0.5) is 11.4 Å². The summed E-state index contributed by atoms with van der Waals surface area (Å²) < 4.78 is 6.83. The molecule has 0 atom stereocenters. The standard InChI is InChI=1S/C14H12Br2N2O2/c1-20-13-6-8(2-4-11(13)17)14(19)18-12-5-3-9(15)7-10(12)16/h2-7H,17H2,1H3,(H,18,19). The van der Waals surface area contributed by atoms with Crippen LogP contribution in [0.2, 0.25) is 0 Å². The Morgan fingerprint density at radius 2 is 1.95 bits per heavy atom. The SMILES string of the molecule is COc1cc(C(=O)Nc2ccc(Br)cc2Br)ccc1N. The predicted octanol–water partition coefficient (Wildman–Crippen LogP) is 4.05. The molecule has 0 bridgehead atoms. The van der Waals surface area contributed by atoms with E-state index in [0.717, 1.165) is 8.95 Å². The van der Waals surface area contributed by atoms with Gasteiger partial charge in [0.15, 0.2) is 0 Å². The Labute approximate surface area is 133 Å². The molecule has 20 heavy (non-hydrogen) atoms. The number of amides is 1. The van der Waals surface area contributed by atoms with E-state index in [-0.39, 0.29) is 5.91 Å². The van der Waals surface area contributed by atoms with Crippen molar-refractivity contribution in [3.05, 3.63) is 50.9 Å². The molecule has 0 radical (unpaired) electrons. The molecule has 0 saturated carbocycles. The topological polar surface area (TPSA) is 64.3 Å². The maximum absolute atomic E-state index is 12.2. The number of nitrogen functional groups attached to an aromatic ring is 1. The first-order valence-electron chi connectivity index (χ1n) is 5.71. The van der Waals surface area contributed by atoms with Gasteiger partial charge in [-0.1, -0.05) is 15.9 Å². The molecular formula is C14H12Br2N2O2. The third-order valence-corrected chi connectivity index (χ3v) is 3.82. The summed E-state index contributed by atoms with van der Waals surface area (Å²) in [5, 5.41) is 2.82. The third-order valence-electron chi connectivity index (χ3n) is 2.67. The number of rotatable bonds is 3. The van der Waals surface area contributed by atoms with Gasteiger partial charge in [-0.05, 0) is 52.3 Å². The van der Waals surface area contributed by atoms with E-state index in [9.17, 15) is 4.79 Å². The van der Waals surface area contributed by atoms with Gasteiger partial charge in [-0.2, -0.15) is 0 Å². The van der Waals surface area contributed by atoms with Crippen molar-refractivity contribution in [3.8, 4) is 5.75 Å². The van der Waals surface area contributed by atoms with Gasteiger partial charge < -0.3 is 15.8 Å². The average molecular weight is 400 g/mol. The summed E-state index contributed by atoms with van der Waals surface area (Å²) in [4.78, 5) is 12.2. The van der Waals surface area contributed by atoms with Gasteiger partial charge in [-0.15, -0.1) is 0 Å². The second-order valence-electron chi connectivity index (χ2n) is 4.04. The van der Waals surface area contributed by atoms with Gasteiger partial charge >= 0.3 is 0 Å². The van der Waals surface area contributed by atoms with Crippen LogP contribution in [-0.2, 0) is 0 Å². The Balaban J connectivity index is 2.24. The molecule has 2 aromatic rings. The highest BCUT2D eigenvalue weighted by Crippen LogP contribution is 2.27. The van der Waals surface area contributed by atoms with Crippen molar-refractivity contribution in [1.29, 1.82) is 0 Å². The van der Waals surface area contributed by atoms with E-state index >= 15 is 0 Å². The molecule has 0 unspecified atom stereocenters. The lowest BCUT2D eigenvalue weighted by atomic mass is 10.1. The monoisotopic (exact) mass is 398 g/mol. The summed E-state index contributed by atoms with van der Waals surface area (Å²) in [5.74, 6) is 0.249. The molecule has 0 fully saturated rings. The Bertz CT molecular complexity index is 660. The van der Waals surface area contributed by atoms with Crippen LogP contribution in [0.1, 0.15) is 10.4 Å². The highest BCUT2D eigenvalue weighted by Gasteiger charge is 2.11. The van der Waals surface area contributed by atoms with E-state index in [1.807, 2.05) is 12.1 Å². The molecule has 0 aliphatic carbocycles. The fraction of sp³-hybridized carbons (Fsp3) is 0.0714. The van der Waals surface area contributed by atoms with Crippen molar-refractivity contribution in [3.63, 3.8) is 0 Å². The normalized spacial score (nSPS) is 10.2. The van der Waals surface area contributed by atoms with Crippen LogP contribution in [0.25, 0.3) is 0 Å². The second kappa shape index (κ2) is 6.28. The van der Waals surface area contributed by atoms with Gasteiger partial charge in [-0.25, -0.2) is 0 Å². The van der Waals surface area contributed by atoms with Gasteiger partial charge in [-0.3, -0.25) is 4.79 Å². The number of anilines is 2. The van der Waals surface area contributed by atoms with Crippen LogP contribution in [0.3, 0.4) is 0 Å². The lowest BCUT2D eigenvalue weighted by Crippen LogP contribution is -2.12. The van der Waals surface area contributed by atoms with Gasteiger partial charge in [0.2, 0.25) is 0 Å². The Hall–Kier alpha value is -1.53. The van der Waals surface area contributed by atoms with Gasteiger partial charge in [0.1, 0.15) is 5.75 Å². The van der Waals surface area contributed by atoms with Crippen LogP contribution >= 0.6 is 31.9 Å². The minimum atomic E-state index is -0.230. The van der Waals surface area contributed by atoms with Crippen molar-refractivity contribution in [2.24, 2.45) is 0 Å². The van der Waals surface area contributed by atoms with Crippen LogP contribution in [0.5, 0.6) is 5.75 Å². The van der Waals surface area contributed by atoms with Gasteiger partial charge in [0.25, 0.3) is 5.91 Å². The second-order valence-corrected chi connectivity index (χ2v) is 5.81. The minimum Gasteiger partial charge on any atom is -0.495 e. The average Bonchev–Trinajstić information content (AvgIpc) is 2.42. The van der Waals surface area contributed by atoms with E-state index in [0.29, 0.717) is 22.7 Å². The Morgan fingerprint density at radius 3 is 2.60 bits per heavy atom. The highest BCUT2D eigenvalue weighted by atomic mass is 79.9. The maximum Gasteiger partial charge on any atom is 0.255 e. The molecule has 0 heterocycles. The van der Waals surface area contributed by atoms with E-state index in [2.05, 4.69) is 37.2 Å². The number of nitrogens with one attached hydrogen (secondary N) is 1. The van der Waals surface area contributed by atoms with Crippen LogP contribution in [0.15, 0.2) is 45.3 Å².